The van der Waals surface area contributed by atoms with E-state index in [0.29, 0.717) is 38.6 Å². The molecule has 1 aliphatic carbocycles. The number of piperazine rings is 1. The van der Waals surface area contributed by atoms with Crippen LogP contribution >= 0.6 is 0 Å². The molecule has 0 radical (unpaired) electrons. The van der Waals surface area contributed by atoms with Gasteiger partial charge in [0.25, 0.3) is 5.91 Å². The van der Waals surface area contributed by atoms with Crippen LogP contribution in [0.3, 0.4) is 0 Å². The van der Waals surface area contributed by atoms with Crippen LogP contribution in [0.15, 0.2) is 36.4 Å². The lowest BCUT2D eigenvalue weighted by Crippen LogP contribution is -2.51. The largest absolute Gasteiger partial charge is 0.345 e. The van der Waals surface area contributed by atoms with E-state index in [4.69, 9.17) is 0 Å². The number of hydrogen-bond donors (Lipinski definition) is 0. The second kappa shape index (κ2) is 7.22. The van der Waals surface area contributed by atoms with Gasteiger partial charge in [0.05, 0.1) is 12.0 Å². The smallest absolute Gasteiger partial charge is 0.255 e. The number of nitrogens with zero attached hydrogens (tertiary/aromatic N) is 3. The van der Waals surface area contributed by atoms with Crippen molar-refractivity contribution in [3.05, 3.63) is 58.9 Å². The van der Waals surface area contributed by atoms with E-state index in [1.54, 1.807) is 0 Å². The molecule has 27 heavy (non-hydrogen) atoms. The summed E-state index contributed by atoms with van der Waals surface area (Å²) in [6, 6.07) is 12.4. The molecule has 0 unspecified atom stereocenters. The minimum absolute atomic E-state index is 0.102. The Morgan fingerprint density at radius 1 is 0.963 bits per heavy atom. The highest BCUT2D eigenvalue weighted by molar-refractivity contribution is 5.96. The molecule has 2 amide bonds. The number of carbonyl (C=O) groups is 2. The molecule has 4 rings (SSSR count). The third-order valence-electron chi connectivity index (χ3n) is 5.74. The summed E-state index contributed by atoms with van der Waals surface area (Å²) in [4.78, 5) is 29.3. The fraction of sp³-hybridized carbons (Fsp3) is 0.455. The number of rotatable bonds is 4. The minimum Gasteiger partial charge on any atom is -0.345 e. The summed E-state index contributed by atoms with van der Waals surface area (Å²) in [6.45, 7) is 6.57. The Morgan fingerprint density at radius 2 is 1.59 bits per heavy atom. The molecule has 0 spiro atoms. The number of benzene rings is 1. The summed E-state index contributed by atoms with van der Waals surface area (Å²) in [6.07, 6.45) is 2.86. The average molecular weight is 365 g/mol. The quantitative estimate of drug-likeness (QED) is 0.836. The zero-order valence-electron chi connectivity index (χ0n) is 16.1. The predicted molar refractivity (Wildman–Crippen MR) is 105 cm³/mol. The van der Waals surface area contributed by atoms with Crippen molar-refractivity contribution in [3.63, 3.8) is 0 Å². The standard InChI is InChI=1S/C22H27N3O2/c1-16-14-20(17(2)25(16)19-8-9-19)22(27)24-12-10-23(11-13-24)21(26)15-18-6-4-3-5-7-18/h3-7,14,19H,8-13,15H2,1-2H3. The van der Waals surface area contributed by atoms with E-state index in [9.17, 15) is 9.59 Å². The summed E-state index contributed by atoms with van der Waals surface area (Å²) in [5.74, 6) is 0.241. The van der Waals surface area contributed by atoms with Crippen LogP contribution in [-0.2, 0) is 11.2 Å². The zero-order chi connectivity index (χ0) is 19.0. The molecule has 1 saturated carbocycles. The molecule has 0 N–H and O–H groups in total. The van der Waals surface area contributed by atoms with Crippen LogP contribution in [0.1, 0.15) is 46.2 Å². The highest BCUT2D eigenvalue weighted by Gasteiger charge is 2.31. The summed E-state index contributed by atoms with van der Waals surface area (Å²) >= 11 is 0. The van der Waals surface area contributed by atoms with Crippen LogP contribution in [0, 0.1) is 13.8 Å². The Bertz CT molecular complexity index is 844. The summed E-state index contributed by atoms with van der Waals surface area (Å²) in [7, 11) is 0. The van der Waals surface area contributed by atoms with E-state index in [2.05, 4.69) is 18.4 Å². The minimum atomic E-state index is 0.102. The molecule has 1 aliphatic heterocycles. The van der Waals surface area contributed by atoms with Crippen molar-refractivity contribution in [3.8, 4) is 0 Å². The first-order valence-corrected chi connectivity index (χ1v) is 9.84. The second-order valence-electron chi connectivity index (χ2n) is 7.72. The molecule has 2 fully saturated rings. The van der Waals surface area contributed by atoms with Gasteiger partial charge in [-0.15, -0.1) is 0 Å². The first kappa shape index (κ1) is 17.8. The van der Waals surface area contributed by atoms with E-state index < -0.39 is 0 Å². The van der Waals surface area contributed by atoms with E-state index in [1.807, 2.05) is 46.2 Å². The Hall–Kier alpha value is -2.56. The first-order chi connectivity index (χ1) is 13.0. The molecular weight excluding hydrogens is 338 g/mol. The van der Waals surface area contributed by atoms with Crippen molar-refractivity contribution in [2.24, 2.45) is 0 Å². The van der Waals surface area contributed by atoms with Gasteiger partial charge < -0.3 is 14.4 Å². The molecular formula is C22H27N3O2. The van der Waals surface area contributed by atoms with Crippen molar-refractivity contribution in [1.29, 1.82) is 0 Å². The van der Waals surface area contributed by atoms with Crippen molar-refractivity contribution >= 4 is 11.8 Å². The highest BCUT2D eigenvalue weighted by Crippen LogP contribution is 2.38. The Kier molecular flexibility index (Phi) is 4.77. The fourth-order valence-corrected chi connectivity index (χ4v) is 4.10. The molecule has 1 saturated heterocycles. The summed E-state index contributed by atoms with van der Waals surface area (Å²) in [5, 5.41) is 0. The van der Waals surface area contributed by atoms with Crippen molar-refractivity contribution in [2.75, 3.05) is 26.2 Å². The van der Waals surface area contributed by atoms with Gasteiger partial charge >= 0.3 is 0 Å². The molecule has 5 nitrogen and oxygen atoms in total. The first-order valence-electron chi connectivity index (χ1n) is 9.84. The number of hydrogen-bond acceptors (Lipinski definition) is 2. The van der Waals surface area contributed by atoms with Gasteiger partial charge in [-0.3, -0.25) is 9.59 Å². The molecule has 2 aromatic rings. The van der Waals surface area contributed by atoms with Crippen LogP contribution in [0.2, 0.25) is 0 Å². The number of aryl methyl sites for hydroxylation is 1. The maximum atomic E-state index is 13.0. The van der Waals surface area contributed by atoms with Gasteiger partial charge in [0.1, 0.15) is 0 Å². The maximum Gasteiger partial charge on any atom is 0.255 e. The third-order valence-corrected chi connectivity index (χ3v) is 5.74. The third kappa shape index (κ3) is 3.64. The van der Waals surface area contributed by atoms with Gasteiger partial charge in [0, 0.05) is 43.6 Å². The number of carbonyl (C=O) groups excluding carboxylic acids is 2. The van der Waals surface area contributed by atoms with Crippen LogP contribution in [0.4, 0.5) is 0 Å². The van der Waals surface area contributed by atoms with Crippen molar-refractivity contribution < 1.29 is 9.59 Å². The fourth-order valence-electron chi connectivity index (χ4n) is 4.10. The average Bonchev–Trinajstić information content (AvgIpc) is 3.47. The Morgan fingerprint density at radius 3 is 2.22 bits per heavy atom. The lowest BCUT2D eigenvalue weighted by Gasteiger charge is -2.35. The molecule has 142 valence electrons. The van der Waals surface area contributed by atoms with Gasteiger partial charge in [0.2, 0.25) is 5.91 Å². The van der Waals surface area contributed by atoms with Crippen molar-refractivity contribution in [2.45, 2.75) is 39.2 Å². The monoisotopic (exact) mass is 365 g/mol. The van der Waals surface area contributed by atoms with Crippen LogP contribution in [-0.4, -0.2) is 52.4 Å². The molecule has 2 aliphatic rings. The summed E-state index contributed by atoms with van der Waals surface area (Å²) < 4.78 is 2.31. The maximum absolute atomic E-state index is 13.0. The molecule has 1 aromatic carbocycles. The molecule has 0 atom stereocenters. The van der Waals surface area contributed by atoms with Gasteiger partial charge in [-0.2, -0.15) is 0 Å². The van der Waals surface area contributed by atoms with Crippen LogP contribution in [0.25, 0.3) is 0 Å². The van der Waals surface area contributed by atoms with E-state index >= 15 is 0 Å². The van der Waals surface area contributed by atoms with E-state index in [1.165, 1.54) is 18.5 Å². The Balaban J connectivity index is 1.37. The highest BCUT2D eigenvalue weighted by atomic mass is 16.2. The van der Waals surface area contributed by atoms with Gasteiger partial charge in [-0.25, -0.2) is 0 Å². The topological polar surface area (TPSA) is 45.6 Å². The molecule has 5 heteroatoms. The van der Waals surface area contributed by atoms with Gasteiger partial charge in [0.15, 0.2) is 0 Å². The number of aromatic nitrogens is 1. The molecule has 0 bridgehead atoms. The van der Waals surface area contributed by atoms with Crippen molar-refractivity contribution in [1.82, 2.24) is 14.4 Å². The van der Waals surface area contributed by atoms with Crippen LogP contribution in [0.5, 0.6) is 0 Å². The number of amides is 2. The van der Waals surface area contributed by atoms with E-state index in [-0.39, 0.29) is 11.8 Å². The van der Waals surface area contributed by atoms with Crippen LogP contribution < -0.4 is 0 Å². The van der Waals surface area contributed by atoms with Gasteiger partial charge in [-0.1, -0.05) is 30.3 Å². The summed E-state index contributed by atoms with van der Waals surface area (Å²) in [5.41, 5.74) is 4.12. The second-order valence-corrected chi connectivity index (χ2v) is 7.72. The SMILES string of the molecule is Cc1cc(C(=O)N2CCN(C(=O)Cc3ccccc3)CC2)c(C)n1C1CC1. The van der Waals surface area contributed by atoms with E-state index in [0.717, 1.165) is 16.8 Å². The molecule has 1 aromatic heterocycles. The lowest BCUT2D eigenvalue weighted by atomic mass is 10.1. The lowest BCUT2D eigenvalue weighted by molar-refractivity contribution is -0.131. The molecule has 2 heterocycles. The predicted octanol–water partition coefficient (Wildman–Crippen LogP) is 2.97. The Labute approximate surface area is 160 Å². The van der Waals surface area contributed by atoms with Gasteiger partial charge in [-0.05, 0) is 38.3 Å². The normalized spacial score (nSPS) is 17.3. The zero-order valence-corrected chi connectivity index (χ0v) is 16.1.